The fourth-order valence-electron chi connectivity index (χ4n) is 2.89. The molecule has 1 amide bonds. The molecule has 0 spiro atoms. The molecular formula is C16H22N2OS2. The van der Waals surface area contributed by atoms with E-state index in [0.29, 0.717) is 18.5 Å². The van der Waals surface area contributed by atoms with E-state index in [9.17, 15) is 4.79 Å². The molecule has 0 bridgehead atoms. The summed E-state index contributed by atoms with van der Waals surface area (Å²) in [6.07, 6.45) is 0.651. The molecule has 0 aliphatic carbocycles. The van der Waals surface area contributed by atoms with E-state index in [1.165, 1.54) is 28.6 Å². The molecule has 2 fully saturated rings. The van der Waals surface area contributed by atoms with Crippen molar-refractivity contribution in [2.24, 2.45) is 0 Å². The molecule has 5 heteroatoms. The van der Waals surface area contributed by atoms with Crippen LogP contribution in [0.4, 0.5) is 0 Å². The van der Waals surface area contributed by atoms with Crippen molar-refractivity contribution in [3.63, 3.8) is 0 Å². The number of hydrogen-bond acceptors (Lipinski definition) is 4. The third-order valence-electron chi connectivity index (χ3n) is 3.91. The first-order chi connectivity index (χ1) is 10.3. The lowest BCUT2D eigenvalue weighted by atomic mass is 10.2. The van der Waals surface area contributed by atoms with Gasteiger partial charge in [-0.05, 0) is 5.56 Å². The molecule has 1 N–H and O–H groups in total. The zero-order valence-corrected chi connectivity index (χ0v) is 13.8. The molecule has 0 radical (unpaired) electrons. The SMILES string of the molecule is O=C1CC(NC2CSCCSC2)CN1Cc1ccccc1. The Bertz CT molecular complexity index is 461. The first kappa shape index (κ1) is 15.3. The first-order valence-electron chi connectivity index (χ1n) is 7.54. The topological polar surface area (TPSA) is 32.3 Å². The van der Waals surface area contributed by atoms with Gasteiger partial charge in [-0.1, -0.05) is 30.3 Å². The molecule has 1 unspecified atom stereocenters. The van der Waals surface area contributed by atoms with Crippen LogP contribution in [0.1, 0.15) is 12.0 Å². The van der Waals surface area contributed by atoms with Crippen LogP contribution < -0.4 is 5.32 Å². The fourth-order valence-corrected chi connectivity index (χ4v) is 5.31. The molecule has 2 aliphatic heterocycles. The van der Waals surface area contributed by atoms with Gasteiger partial charge in [-0.25, -0.2) is 0 Å². The molecule has 3 rings (SSSR count). The Kier molecular flexibility index (Phi) is 5.49. The number of carbonyl (C=O) groups excluding carboxylic acids is 1. The summed E-state index contributed by atoms with van der Waals surface area (Å²) < 4.78 is 0. The maximum atomic E-state index is 12.2. The van der Waals surface area contributed by atoms with Crippen molar-refractivity contribution in [1.29, 1.82) is 0 Å². The standard InChI is InChI=1S/C16H22N2OS2/c19-16-8-14(17-15-11-20-6-7-21-12-15)10-18(16)9-13-4-2-1-3-5-13/h1-5,14-15,17H,6-12H2. The summed E-state index contributed by atoms with van der Waals surface area (Å²) in [5.41, 5.74) is 1.21. The Labute approximate surface area is 135 Å². The van der Waals surface area contributed by atoms with Crippen LogP contribution in [-0.2, 0) is 11.3 Å². The highest BCUT2D eigenvalue weighted by Gasteiger charge is 2.31. The molecule has 2 saturated heterocycles. The van der Waals surface area contributed by atoms with E-state index in [2.05, 4.69) is 17.4 Å². The van der Waals surface area contributed by atoms with Gasteiger partial charge in [-0.2, -0.15) is 23.5 Å². The zero-order chi connectivity index (χ0) is 14.5. The number of thioether (sulfide) groups is 2. The maximum absolute atomic E-state index is 12.2. The summed E-state index contributed by atoms with van der Waals surface area (Å²) in [5.74, 6) is 5.15. The van der Waals surface area contributed by atoms with Crippen molar-refractivity contribution in [3.8, 4) is 0 Å². The lowest BCUT2D eigenvalue weighted by Crippen LogP contribution is -2.42. The van der Waals surface area contributed by atoms with Crippen molar-refractivity contribution in [2.75, 3.05) is 29.6 Å². The van der Waals surface area contributed by atoms with E-state index in [0.717, 1.165) is 13.1 Å². The van der Waals surface area contributed by atoms with Gasteiger partial charge >= 0.3 is 0 Å². The highest BCUT2D eigenvalue weighted by Crippen LogP contribution is 2.20. The van der Waals surface area contributed by atoms with Crippen molar-refractivity contribution in [3.05, 3.63) is 35.9 Å². The minimum absolute atomic E-state index is 0.283. The van der Waals surface area contributed by atoms with Crippen molar-refractivity contribution < 1.29 is 4.79 Å². The van der Waals surface area contributed by atoms with Crippen LogP contribution in [-0.4, -0.2) is 52.4 Å². The average molecular weight is 322 g/mol. The van der Waals surface area contributed by atoms with Crippen LogP contribution in [0.5, 0.6) is 0 Å². The van der Waals surface area contributed by atoms with Crippen molar-refractivity contribution >= 4 is 29.4 Å². The number of likely N-dealkylation sites (tertiary alicyclic amines) is 1. The van der Waals surface area contributed by atoms with Gasteiger partial charge < -0.3 is 10.2 Å². The summed E-state index contributed by atoms with van der Waals surface area (Å²) in [7, 11) is 0. The number of rotatable bonds is 4. The van der Waals surface area contributed by atoms with E-state index in [4.69, 9.17) is 0 Å². The van der Waals surface area contributed by atoms with Crippen molar-refractivity contribution in [2.45, 2.75) is 25.0 Å². The minimum atomic E-state index is 0.283. The predicted octanol–water partition coefficient (Wildman–Crippen LogP) is 2.23. The van der Waals surface area contributed by atoms with Gasteiger partial charge in [0, 0.05) is 54.6 Å². The van der Waals surface area contributed by atoms with Crippen LogP contribution in [0.2, 0.25) is 0 Å². The lowest BCUT2D eigenvalue weighted by molar-refractivity contribution is -0.128. The summed E-state index contributed by atoms with van der Waals surface area (Å²) in [5, 5.41) is 3.70. The quantitative estimate of drug-likeness (QED) is 0.921. The van der Waals surface area contributed by atoms with Crippen LogP contribution >= 0.6 is 23.5 Å². The number of nitrogens with zero attached hydrogens (tertiary/aromatic N) is 1. The van der Waals surface area contributed by atoms with Gasteiger partial charge in [0.2, 0.25) is 5.91 Å². The first-order valence-corrected chi connectivity index (χ1v) is 9.85. The van der Waals surface area contributed by atoms with Crippen LogP contribution in [0.15, 0.2) is 30.3 Å². The monoisotopic (exact) mass is 322 g/mol. The normalized spacial score (nSPS) is 24.3. The Morgan fingerprint density at radius 3 is 2.52 bits per heavy atom. The van der Waals surface area contributed by atoms with E-state index in [-0.39, 0.29) is 5.91 Å². The third-order valence-corrected chi connectivity index (χ3v) is 6.43. The molecule has 1 aromatic carbocycles. The summed E-state index contributed by atoms with van der Waals surface area (Å²) >= 11 is 4.06. The third kappa shape index (κ3) is 4.41. The second-order valence-electron chi connectivity index (χ2n) is 5.67. The summed E-state index contributed by atoms with van der Waals surface area (Å²) in [4.78, 5) is 14.2. The van der Waals surface area contributed by atoms with E-state index in [1.54, 1.807) is 0 Å². The van der Waals surface area contributed by atoms with Gasteiger partial charge in [0.15, 0.2) is 0 Å². The minimum Gasteiger partial charge on any atom is -0.337 e. The average Bonchev–Trinajstić information content (AvgIpc) is 2.68. The highest BCUT2D eigenvalue weighted by molar-refractivity contribution is 8.03. The highest BCUT2D eigenvalue weighted by atomic mass is 32.2. The van der Waals surface area contributed by atoms with E-state index < -0.39 is 0 Å². The second-order valence-corrected chi connectivity index (χ2v) is 7.97. The molecule has 114 valence electrons. The number of benzene rings is 1. The van der Waals surface area contributed by atoms with E-state index >= 15 is 0 Å². The van der Waals surface area contributed by atoms with Gasteiger partial charge in [-0.3, -0.25) is 4.79 Å². The van der Waals surface area contributed by atoms with Gasteiger partial charge in [0.25, 0.3) is 0 Å². The molecule has 0 saturated carbocycles. The van der Waals surface area contributed by atoms with Crippen LogP contribution in [0, 0.1) is 0 Å². The molecule has 2 aliphatic rings. The Morgan fingerprint density at radius 1 is 1.10 bits per heavy atom. The smallest absolute Gasteiger partial charge is 0.224 e. The molecule has 1 atom stereocenters. The largest absolute Gasteiger partial charge is 0.337 e. The molecule has 3 nitrogen and oxygen atoms in total. The molecule has 0 aromatic heterocycles. The van der Waals surface area contributed by atoms with Gasteiger partial charge in [0.1, 0.15) is 0 Å². The van der Waals surface area contributed by atoms with E-state index in [1.807, 2.05) is 46.6 Å². The number of amides is 1. The Morgan fingerprint density at radius 2 is 1.81 bits per heavy atom. The van der Waals surface area contributed by atoms with Crippen LogP contribution in [0.25, 0.3) is 0 Å². The number of carbonyl (C=O) groups is 1. The van der Waals surface area contributed by atoms with Crippen LogP contribution in [0.3, 0.4) is 0 Å². The maximum Gasteiger partial charge on any atom is 0.224 e. The van der Waals surface area contributed by atoms with Crippen molar-refractivity contribution in [1.82, 2.24) is 10.2 Å². The Hall–Kier alpha value is -0.650. The van der Waals surface area contributed by atoms with Gasteiger partial charge in [0.05, 0.1) is 0 Å². The lowest BCUT2D eigenvalue weighted by Gasteiger charge is -2.21. The summed E-state index contributed by atoms with van der Waals surface area (Å²) in [6.45, 7) is 1.59. The molecule has 2 heterocycles. The second kappa shape index (κ2) is 7.56. The summed E-state index contributed by atoms with van der Waals surface area (Å²) in [6, 6.07) is 11.1. The Balaban J connectivity index is 1.52. The molecule has 1 aromatic rings. The molecule has 21 heavy (non-hydrogen) atoms. The number of nitrogens with one attached hydrogen (secondary N) is 1. The predicted molar refractivity (Wildman–Crippen MR) is 91.8 cm³/mol. The van der Waals surface area contributed by atoms with Gasteiger partial charge in [-0.15, -0.1) is 0 Å². The fraction of sp³-hybridized carbons (Fsp3) is 0.562. The number of hydrogen-bond donors (Lipinski definition) is 1. The molecular weight excluding hydrogens is 300 g/mol. The zero-order valence-electron chi connectivity index (χ0n) is 12.2.